The van der Waals surface area contributed by atoms with Gasteiger partial charge in [-0.15, -0.1) is 0 Å². The summed E-state index contributed by atoms with van der Waals surface area (Å²) in [5, 5.41) is 9.28. The van der Waals surface area contributed by atoms with Gasteiger partial charge in [-0.25, -0.2) is 0 Å². The molecule has 4 nitrogen and oxygen atoms in total. The number of amides is 1. The summed E-state index contributed by atoms with van der Waals surface area (Å²) in [5.41, 5.74) is 5.87. The first-order chi connectivity index (χ1) is 7.61. The SMILES string of the molecule is CCCC[C@H](N)C(=O)N1CCC(C)C1CO. The van der Waals surface area contributed by atoms with E-state index in [1.807, 2.05) is 0 Å². The molecule has 0 radical (unpaired) electrons. The topological polar surface area (TPSA) is 66.6 Å². The number of nitrogens with zero attached hydrogens (tertiary/aromatic N) is 1. The Labute approximate surface area is 97.8 Å². The molecule has 1 saturated heterocycles. The third-order valence-corrected chi connectivity index (χ3v) is 3.54. The number of hydrogen-bond acceptors (Lipinski definition) is 3. The third kappa shape index (κ3) is 2.95. The molecule has 1 aliphatic rings. The Morgan fingerprint density at radius 3 is 2.88 bits per heavy atom. The summed E-state index contributed by atoms with van der Waals surface area (Å²) in [7, 11) is 0. The van der Waals surface area contributed by atoms with Crippen molar-refractivity contribution in [1.82, 2.24) is 4.90 Å². The standard InChI is InChI=1S/C12H24N2O2/c1-3-4-5-10(13)12(16)14-7-6-9(2)11(14)8-15/h9-11,15H,3-8,13H2,1-2H3/t9?,10-,11?/m0/s1. The lowest BCUT2D eigenvalue weighted by molar-refractivity contribution is -0.134. The molecule has 1 aliphatic heterocycles. The number of nitrogens with two attached hydrogens (primary N) is 1. The van der Waals surface area contributed by atoms with Crippen LogP contribution in [-0.2, 0) is 4.79 Å². The molecule has 1 fully saturated rings. The van der Waals surface area contributed by atoms with Crippen LogP contribution < -0.4 is 5.73 Å². The number of aliphatic hydroxyl groups excluding tert-OH is 1. The molecule has 94 valence electrons. The van der Waals surface area contributed by atoms with Crippen LogP contribution in [0.2, 0.25) is 0 Å². The Hall–Kier alpha value is -0.610. The van der Waals surface area contributed by atoms with Crippen LogP contribution in [0, 0.1) is 5.92 Å². The molecular weight excluding hydrogens is 204 g/mol. The van der Waals surface area contributed by atoms with Crippen molar-refractivity contribution in [3.8, 4) is 0 Å². The lowest BCUT2D eigenvalue weighted by Crippen LogP contribution is -2.48. The van der Waals surface area contributed by atoms with E-state index in [0.29, 0.717) is 5.92 Å². The molecule has 1 heterocycles. The second kappa shape index (κ2) is 6.21. The minimum Gasteiger partial charge on any atom is -0.394 e. The number of rotatable bonds is 5. The Morgan fingerprint density at radius 2 is 2.31 bits per heavy atom. The van der Waals surface area contributed by atoms with Crippen LogP contribution in [-0.4, -0.2) is 41.1 Å². The number of hydrogen-bond donors (Lipinski definition) is 2. The molecule has 0 aromatic rings. The van der Waals surface area contributed by atoms with Crippen molar-refractivity contribution in [2.24, 2.45) is 11.7 Å². The third-order valence-electron chi connectivity index (χ3n) is 3.54. The van der Waals surface area contributed by atoms with E-state index in [1.54, 1.807) is 4.90 Å². The van der Waals surface area contributed by atoms with E-state index >= 15 is 0 Å². The van der Waals surface area contributed by atoms with E-state index in [4.69, 9.17) is 5.73 Å². The van der Waals surface area contributed by atoms with Gasteiger partial charge < -0.3 is 15.7 Å². The molecule has 16 heavy (non-hydrogen) atoms. The molecule has 0 spiro atoms. The zero-order valence-electron chi connectivity index (χ0n) is 10.4. The first-order valence-electron chi connectivity index (χ1n) is 6.28. The second-order valence-corrected chi connectivity index (χ2v) is 4.80. The van der Waals surface area contributed by atoms with Crippen molar-refractivity contribution in [2.75, 3.05) is 13.2 Å². The molecule has 2 unspecified atom stereocenters. The van der Waals surface area contributed by atoms with Gasteiger partial charge in [-0.05, 0) is 18.8 Å². The van der Waals surface area contributed by atoms with E-state index in [0.717, 1.165) is 32.2 Å². The molecule has 4 heteroatoms. The molecule has 0 aromatic heterocycles. The van der Waals surface area contributed by atoms with Gasteiger partial charge in [0.15, 0.2) is 0 Å². The highest BCUT2D eigenvalue weighted by Crippen LogP contribution is 2.24. The van der Waals surface area contributed by atoms with Gasteiger partial charge in [0.1, 0.15) is 0 Å². The number of carbonyl (C=O) groups excluding carboxylic acids is 1. The van der Waals surface area contributed by atoms with Crippen LogP contribution in [0.4, 0.5) is 0 Å². The van der Waals surface area contributed by atoms with Crippen LogP contribution in [0.5, 0.6) is 0 Å². The van der Waals surface area contributed by atoms with Crippen molar-refractivity contribution in [3.05, 3.63) is 0 Å². The number of carbonyl (C=O) groups is 1. The highest BCUT2D eigenvalue weighted by molar-refractivity contribution is 5.82. The predicted molar refractivity (Wildman–Crippen MR) is 63.9 cm³/mol. The lowest BCUT2D eigenvalue weighted by atomic mass is 10.0. The smallest absolute Gasteiger partial charge is 0.239 e. The van der Waals surface area contributed by atoms with Crippen LogP contribution >= 0.6 is 0 Å². The predicted octanol–water partition coefficient (Wildman–Crippen LogP) is 0.733. The highest BCUT2D eigenvalue weighted by atomic mass is 16.3. The first-order valence-corrected chi connectivity index (χ1v) is 6.28. The van der Waals surface area contributed by atoms with Gasteiger partial charge in [-0.3, -0.25) is 4.79 Å². The fourth-order valence-corrected chi connectivity index (χ4v) is 2.32. The number of aliphatic hydroxyl groups is 1. The van der Waals surface area contributed by atoms with E-state index in [1.165, 1.54) is 0 Å². The fraction of sp³-hybridized carbons (Fsp3) is 0.917. The molecule has 3 atom stereocenters. The molecule has 0 bridgehead atoms. The summed E-state index contributed by atoms with van der Waals surface area (Å²) in [5.74, 6) is 0.393. The lowest BCUT2D eigenvalue weighted by Gasteiger charge is -2.27. The van der Waals surface area contributed by atoms with Gasteiger partial charge in [0.25, 0.3) is 0 Å². The Bertz CT molecular complexity index is 233. The van der Waals surface area contributed by atoms with E-state index < -0.39 is 0 Å². The van der Waals surface area contributed by atoms with Crippen molar-refractivity contribution in [3.63, 3.8) is 0 Å². The Kier molecular flexibility index (Phi) is 5.22. The van der Waals surface area contributed by atoms with Gasteiger partial charge in [-0.1, -0.05) is 26.7 Å². The van der Waals surface area contributed by atoms with Gasteiger partial charge in [-0.2, -0.15) is 0 Å². The zero-order valence-corrected chi connectivity index (χ0v) is 10.4. The fourth-order valence-electron chi connectivity index (χ4n) is 2.32. The molecule has 1 amide bonds. The quantitative estimate of drug-likeness (QED) is 0.729. The minimum absolute atomic E-state index is 0.0110. The average molecular weight is 228 g/mol. The summed E-state index contributed by atoms with van der Waals surface area (Å²) in [6, 6.07) is -0.417. The van der Waals surface area contributed by atoms with Gasteiger partial charge in [0.05, 0.1) is 18.7 Å². The number of unbranched alkanes of at least 4 members (excludes halogenated alkanes) is 1. The van der Waals surface area contributed by atoms with Crippen molar-refractivity contribution in [1.29, 1.82) is 0 Å². The second-order valence-electron chi connectivity index (χ2n) is 4.80. The monoisotopic (exact) mass is 228 g/mol. The maximum Gasteiger partial charge on any atom is 0.239 e. The summed E-state index contributed by atoms with van der Waals surface area (Å²) in [6.07, 6.45) is 3.76. The van der Waals surface area contributed by atoms with Gasteiger partial charge >= 0.3 is 0 Å². The summed E-state index contributed by atoms with van der Waals surface area (Å²) >= 11 is 0. The normalized spacial score (nSPS) is 27.1. The molecular formula is C12H24N2O2. The van der Waals surface area contributed by atoms with Crippen LogP contribution in [0.25, 0.3) is 0 Å². The van der Waals surface area contributed by atoms with E-state index in [9.17, 15) is 9.90 Å². The van der Waals surface area contributed by atoms with Crippen LogP contribution in [0.3, 0.4) is 0 Å². The van der Waals surface area contributed by atoms with E-state index in [-0.39, 0.29) is 24.6 Å². The summed E-state index contributed by atoms with van der Waals surface area (Å²) in [6.45, 7) is 4.95. The zero-order chi connectivity index (χ0) is 12.1. The largest absolute Gasteiger partial charge is 0.394 e. The summed E-state index contributed by atoms with van der Waals surface area (Å²) in [4.78, 5) is 13.8. The van der Waals surface area contributed by atoms with Crippen molar-refractivity contribution < 1.29 is 9.90 Å². The van der Waals surface area contributed by atoms with Crippen LogP contribution in [0.15, 0.2) is 0 Å². The molecule has 1 rings (SSSR count). The molecule has 0 aromatic carbocycles. The first kappa shape index (κ1) is 13.5. The van der Waals surface area contributed by atoms with E-state index in [2.05, 4.69) is 13.8 Å². The van der Waals surface area contributed by atoms with Crippen molar-refractivity contribution >= 4 is 5.91 Å². The highest BCUT2D eigenvalue weighted by Gasteiger charge is 2.35. The maximum atomic E-state index is 12.1. The molecule has 0 aliphatic carbocycles. The maximum absolute atomic E-state index is 12.1. The van der Waals surface area contributed by atoms with Gasteiger partial charge in [0, 0.05) is 6.54 Å². The number of likely N-dealkylation sites (tertiary alicyclic amines) is 1. The average Bonchev–Trinajstić information content (AvgIpc) is 2.66. The van der Waals surface area contributed by atoms with Gasteiger partial charge in [0.2, 0.25) is 5.91 Å². The van der Waals surface area contributed by atoms with Crippen molar-refractivity contribution in [2.45, 2.75) is 51.6 Å². The Morgan fingerprint density at radius 1 is 1.62 bits per heavy atom. The molecule has 3 N–H and O–H groups in total. The Balaban J connectivity index is 2.52. The van der Waals surface area contributed by atoms with Crippen LogP contribution in [0.1, 0.15) is 39.5 Å². The summed E-state index contributed by atoms with van der Waals surface area (Å²) < 4.78 is 0. The molecule has 0 saturated carbocycles. The minimum atomic E-state index is -0.390.